The third kappa shape index (κ3) is 4.05. The van der Waals surface area contributed by atoms with Crippen LogP contribution in [0.4, 0.5) is 0 Å². The van der Waals surface area contributed by atoms with Gasteiger partial charge < -0.3 is 15.2 Å². The molecule has 0 amide bonds. The fourth-order valence-corrected chi connectivity index (χ4v) is 2.74. The Morgan fingerprint density at radius 2 is 2.10 bits per heavy atom. The number of benzene rings is 1. The summed E-state index contributed by atoms with van der Waals surface area (Å²) in [7, 11) is 0. The second-order valence-electron chi connectivity index (χ2n) is 6.20. The molecule has 0 spiro atoms. The fourth-order valence-electron chi connectivity index (χ4n) is 2.74. The zero-order chi connectivity index (χ0) is 15.3. The number of aliphatic carboxylic acids is 1. The van der Waals surface area contributed by atoms with Gasteiger partial charge in [0.25, 0.3) is 0 Å². The fraction of sp³-hybridized carbons (Fsp3) is 0.588. The molecule has 2 rings (SSSR count). The van der Waals surface area contributed by atoms with E-state index >= 15 is 0 Å². The summed E-state index contributed by atoms with van der Waals surface area (Å²) in [6.45, 7) is 6.63. The molecule has 116 valence electrons. The normalized spacial score (nSPS) is 17.9. The molecule has 1 aliphatic rings. The van der Waals surface area contributed by atoms with Crippen molar-refractivity contribution < 1.29 is 14.6 Å². The maximum atomic E-state index is 11.6. The summed E-state index contributed by atoms with van der Waals surface area (Å²) >= 11 is 0. The molecule has 2 N–H and O–H groups in total. The van der Waals surface area contributed by atoms with Crippen LogP contribution in [0.5, 0.6) is 0 Å². The maximum Gasteiger partial charge on any atom is 0.311 e. The minimum Gasteiger partial charge on any atom is -0.481 e. The predicted molar refractivity (Wildman–Crippen MR) is 82.4 cm³/mol. The molecular weight excluding hydrogens is 266 g/mol. The van der Waals surface area contributed by atoms with Gasteiger partial charge in [-0.15, -0.1) is 0 Å². The Kier molecular flexibility index (Phi) is 5.37. The van der Waals surface area contributed by atoms with Crippen molar-refractivity contribution in [3.8, 4) is 0 Å². The van der Waals surface area contributed by atoms with Crippen molar-refractivity contribution in [2.75, 3.05) is 19.8 Å². The number of carbonyl (C=O) groups is 1. The second-order valence-corrected chi connectivity index (χ2v) is 6.20. The first-order valence-corrected chi connectivity index (χ1v) is 7.64. The van der Waals surface area contributed by atoms with Gasteiger partial charge in [0, 0.05) is 26.3 Å². The number of hydrogen-bond acceptors (Lipinski definition) is 3. The zero-order valence-corrected chi connectivity index (χ0v) is 12.9. The van der Waals surface area contributed by atoms with Gasteiger partial charge in [0.1, 0.15) is 0 Å². The number of rotatable bonds is 6. The molecule has 0 bridgehead atoms. The van der Waals surface area contributed by atoms with E-state index in [4.69, 9.17) is 4.74 Å². The van der Waals surface area contributed by atoms with Crippen LogP contribution in [0.1, 0.15) is 43.7 Å². The maximum absolute atomic E-state index is 11.6. The highest BCUT2D eigenvalue weighted by Gasteiger charge is 2.39. The summed E-state index contributed by atoms with van der Waals surface area (Å²) in [5, 5.41) is 12.8. The molecule has 4 heteroatoms. The minimum atomic E-state index is -0.714. The summed E-state index contributed by atoms with van der Waals surface area (Å²) in [5.74, 6) is -0.208. The van der Waals surface area contributed by atoms with Crippen LogP contribution in [0, 0.1) is 5.41 Å². The molecule has 0 aliphatic carbocycles. The largest absolute Gasteiger partial charge is 0.481 e. The van der Waals surface area contributed by atoms with E-state index in [1.54, 1.807) is 0 Å². The van der Waals surface area contributed by atoms with Gasteiger partial charge in [0.2, 0.25) is 0 Å². The Bertz CT molecular complexity index is 479. The van der Waals surface area contributed by atoms with Gasteiger partial charge in [-0.25, -0.2) is 0 Å². The number of carboxylic acid groups (broad SMARTS) is 1. The average molecular weight is 291 g/mol. The van der Waals surface area contributed by atoms with Crippen molar-refractivity contribution in [2.24, 2.45) is 5.41 Å². The highest BCUT2D eigenvalue weighted by molar-refractivity contribution is 5.75. The molecule has 0 aromatic heterocycles. The van der Waals surface area contributed by atoms with E-state index in [-0.39, 0.29) is 0 Å². The molecule has 0 unspecified atom stereocenters. The van der Waals surface area contributed by atoms with Gasteiger partial charge in [0.15, 0.2) is 0 Å². The molecule has 1 heterocycles. The Morgan fingerprint density at radius 1 is 1.38 bits per heavy atom. The van der Waals surface area contributed by atoms with E-state index in [0.29, 0.717) is 45.1 Å². The van der Waals surface area contributed by atoms with Gasteiger partial charge >= 0.3 is 5.97 Å². The average Bonchev–Trinajstić information content (AvgIpc) is 2.48. The van der Waals surface area contributed by atoms with Crippen LogP contribution < -0.4 is 5.32 Å². The van der Waals surface area contributed by atoms with Crippen molar-refractivity contribution in [3.05, 3.63) is 35.4 Å². The van der Waals surface area contributed by atoms with Crippen molar-refractivity contribution >= 4 is 5.97 Å². The summed E-state index contributed by atoms with van der Waals surface area (Å²) in [5.41, 5.74) is 1.84. The van der Waals surface area contributed by atoms with Crippen molar-refractivity contribution in [1.29, 1.82) is 0 Å². The van der Waals surface area contributed by atoms with Gasteiger partial charge in [-0.1, -0.05) is 38.1 Å². The molecule has 21 heavy (non-hydrogen) atoms. The third-order valence-corrected chi connectivity index (χ3v) is 4.31. The first-order valence-electron chi connectivity index (χ1n) is 7.64. The van der Waals surface area contributed by atoms with Gasteiger partial charge in [0.05, 0.1) is 5.41 Å². The smallest absolute Gasteiger partial charge is 0.311 e. The molecule has 0 saturated carbocycles. The molecular formula is C17H25NO3. The monoisotopic (exact) mass is 291 g/mol. The van der Waals surface area contributed by atoms with Crippen LogP contribution in [0.3, 0.4) is 0 Å². The molecule has 1 aromatic rings. The third-order valence-electron chi connectivity index (χ3n) is 4.31. The standard InChI is InChI=1S/C17H25NO3/c1-13(2)15-5-3-4-14(10-15)11-18-12-17(16(19)20)6-8-21-9-7-17/h3-5,10,13,18H,6-9,11-12H2,1-2H3,(H,19,20). The lowest BCUT2D eigenvalue weighted by molar-refractivity contribution is -0.154. The van der Waals surface area contributed by atoms with Crippen LogP contribution >= 0.6 is 0 Å². The summed E-state index contributed by atoms with van der Waals surface area (Å²) in [6, 6.07) is 8.46. The van der Waals surface area contributed by atoms with E-state index in [9.17, 15) is 9.90 Å². The Hall–Kier alpha value is -1.39. The van der Waals surface area contributed by atoms with E-state index in [0.717, 1.165) is 0 Å². The molecule has 0 radical (unpaired) electrons. The molecule has 1 aliphatic heterocycles. The SMILES string of the molecule is CC(C)c1cccc(CNCC2(C(=O)O)CCOCC2)c1. The van der Waals surface area contributed by atoms with Crippen LogP contribution in [-0.2, 0) is 16.1 Å². The lowest BCUT2D eigenvalue weighted by Crippen LogP contribution is -2.44. The molecule has 1 saturated heterocycles. The first-order chi connectivity index (χ1) is 10.0. The van der Waals surface area contributed by atoms with E-state index in [1.807, 2.05) is 0 Å². The zero-order valence-electron chi connectivity index (χ0n) is 12.9. The van der Waals surface area contributed by atoms with E-state index < -0.39 is 11.4 Å². The quantitative estimate of drug-likeness (QED) is 0.846. The summed E-state index contributed by atoms with van der Waals surface area (Å²) < 4.78 is 5.29. The van der Waals surface area contributed by atoms with Gasteiger partial charge in [-0.05, 0) is 29.9 Å². The molecule has 4 nitrogen and oxygen atoms in total. The number of hydrogen-bond donors (Lipinski definition) is 2. The first kappa shape index (κ1) is 16.0. The lowest BCUT2D eigenvalue weighted by atomic mass is 9.80. The number of ether oxygens (including phenoxy) is 1. The van der Waals surface area contributed by atoms with Crippen molar-refractivity contribution in [1.82, 2.24) is 5.32 Å². The van der Waals surface area contributed by atoms with E-state index in [2.05, 4.69) is 43.4 Å². The number of nitrogens with one attached hydrogen (secondary N) is 1. The van der Waals surface area contributed by atoms with Gasteiger partial charge in [-0.2, -0.15) is 0 Å². The van der Waals surface area contributed by atoms with Crippen LogP contribution in [-0.4, -0.2) is 30.8 Å². The summed E-state index contributed by atoms with van der Waals surface area (Å²) in [6.07, 6.45) is 1.17. The summed E-state index contributed by atoms with van der Waals surface area (Å²) in [4.78, 5) is 11.6. The lowest BCUT2D eigenvalue weighted by Gasteiger charge is -2.33. The Labute approximate surface area is 126 Å². The molecule has 0 atom stereocenters. The molecule has 1 fully saturated rings. The second kappa shape index (κ2) is 7.05. The van der Waals surface area contributed by atoms with E-state index in [1.165, 1.54) is 11.1 Å². The Morgan fingerprint density at radius 3 is 2.71 bits per heavy atom. The molecule has 1 aromatic carbocycles. The minimum absolute atomic E-state index is 0.498. The predicted octanol–water partition coefficient (Wildman–Crippen LogP) is 2.78. The van der Waals surface area contributed by atoms with Crippen molar-refractivity contribution in [2.45, 2.75) is 39.2 Å². The van der Waals surface area contributed by atoms with Crippen LogP contribution in [0.25, 0.3) is 0 Å². The topological polar surface area (TPSA) is 58.6 Å². The van der Waals surface area contributed by atoms with Crippen molar-refractivity contribution in [3.63, 3.8) is 0 Å². The highest BCUT2D eigenvalue weighted by atomic mass is 16.5. The highest BCUT2D eigenvalue weighted by Crippen LogP contribution is 2.30. The Balaban J connectivity index is 1.93. The van der Waals surface area contributed by atoms with Crippen LogP contribution in [0.15, 0.2) is 24.3 Å². The number of carboxylic acids is 1. The van der Waals surface area contributed by atoms with Gasteiger partial charge in [-0.3, -0.25) is 4.79 Å². The van der Waals surface area contributed by atoms with Crippen LogP contribution in [0.2, 0.25) is 0 Å².